The van der Waals surface area contributed by atoms with Crippen molar-refractivity contribution in [3.63, 3.8) is 0 Å². The highest BCUT2D eigenvalue weighted by molar-refractivity contribution is 6.48. The third-order valence-electron chi connectivity index (χ3n) is 4.21. The Hall–Kier alpha value is -3.20. The summed E-state index contributed by atoms with van der Waals surface area (Å²) in [7, 11) is 1.74. The number of hydrogen-bond acceptors (Lipinski definition) is 2. The molecule has 0 saturated heterocycles. The standard InChI is InChI=1S/C21H15NO2/c1-22-18-9-5-4-8-17(21(18)23)20-13-11-16-15-7-3-2-6-14(15)10-12-19(16)24-20/h2-13H,1H3/p+1/b20-17-,22-18?. The van der Waals surface area contributed by atoms with Gasteiger partial charge in [0, 0.05) is 11.6 Å². The van der Waals surface area contributed by atoms with Gasteiger partial charge in [-0.3, -0.25) is 4.79 Å². The van der Waals surface area contributed by atoms with Crippen molar-refractivity contribution >= 4 is 28.3 Å². The fraction of sp³-hybridized carbons (Fsp3) is 0.0476. The van der Waals surface area contributed by atoms with E-state index in [2.05, 4.69) is 17.1 Å². The zero-order valence-electron chi connectivity index (χ0n) is 13.2. The number of carbonyl (C=O) groups is 1. The van der Waals surface area contributed by atoms with Crippen molar-refractivity contribution in [2.75, 3.05) is 7.05 Å². The number of allylic oxidation sites excluding steroid dienone is 6. The molecule has 1 aliphatic heterocycles. The molecule has 3 nitrogen and oxygen atoms in total. The molecule has 0 aromatic heterocycles. The summed E-state index contributed by atoms with van der Waals surface area (Å²) in [5.41, 5.74) is 2.13. The molecule has 0 radical (unpaired) electrons. The van der Waals surface area contributed by atoms with Gasteiger partial charge in [0.25, 0.3) is 5.78 Å². The highest BCUT2D eigenvalue weighted by Crippen LogP contribution is 2.34. The molecular formula is C21H16NO2+. The Morgan fingerprint density at radius 2 is 1.75 bits per heavy atom. The van der Waals surface area contributed by atoms with Crippen LogP contribution < -0.4 is 9.73 Å². The molecule has 0 unspecified atom stereocenters. The lowest BCUT2D eigenvalue weighted by Crippen LogP contribution is -2.69. The number of carbonyl (C=O) groups excluding carboxylic acids is 1. The highest BCUT2D eigenvalue weighted by Gasteiger charge is 2.24. The number of ether oxygens (including phenoxy) is 1. The largest absolute Gasteiger partial charge is 0.456 e. The van der Waals surface area contributed by atoms with Crippen LogP contribution in [-0.2, 0) is 4.79 Å². The van der Waals surface area contributed by atoms with Gasteiger partial charge in [-0.2, -0.15) is 0 Å². The number of ketones is 1. The molecule has 24 heavy (non-hydrogen) atoms. The van der Waals surface area contributed by atoms with E-state index in [1.807, 2.05) is 48.6 Å². The molecule has 0 amide bonds. The van der Waals surface area contributed by atoms with Crippen molar-refractivity contribution in [3.05, 3.63) is 83.7 Å². The first kappa shape index (κ1) is 14.4. The van der Waals surface area contributed by atoms with Crippen LogP contribution in [0.4, 0.5) is 0 Å². The molecule has 2 aromatic rings. The predicted octanol–water partition coefficient (Wildman–Crippen LogP) is 2.35. The lowest BCUT2D eigenvalue weighted by atomic mass is 9.99. The van der Waals surface area contributed by atoms with Crippen LogP contribution >= 0.6 is 0 Å². The van der Waals surface area contributed by atoms with E-state index in [0.717, 1.165) is 16.7 Å². The lowest BCUT2D eigenvalue weighted by Gasteiger charge is -2.18. The number of fused-ring (bicyclic) bond motifs is 3. The Balaban J connectivity index is 1.84. The maximum absolute atomic E-state index is 12.6. The van der Waals surface area contributed by atoms with Crippen LogP contribution in [0.3, 0.4) is 0 Å². The minimum Gasteiger partial charge on any atom is -0.456 e. The van der Waals surface area contributed by atoms with Crippen LogP contribution in [0.5, 0.6) is 5.75 Å². The Kier molecular flexibility index (Phi) is 3.47. The maximum Gasteiger partial charge on any atom is 0.259 e. The van der Waals surface area contributed by atoms with Gasteiger partial charge in [-0.1, -0.05) is 42.5 Å². The molecule has 2 aliphatic rings. The molecule has 0 spiro atoms. The fourth-order valence-electron chi connectivity index (χ4n) is 2.98. The third kappa shape index (κ3) is 2.31. The summed E-state index contributed by atoms with van der Waals surface area (Å²) in [6.45, 7) is 0. The number of hydrogen-bond donors (Lipinski definition) is 1. The molecule has 4 rings (SSSR count). The Morgan fingerprint density at radius 3 is 2.62 bits per heavy atom. The molecule has 1 aliphatic carbocycles. The average molecular weight is 314 g/mol. The monoisotopic (exact) mass is 314 g/mol. The van der Waals surface area contributed by atoms with Gasteiger partial charge in [-0.25, -0.2) is 4.99 Å². The summed E-state index contributed by atoms with van der Waals surface area (Å²) in [4.78, 5) is 15.6. The number of nitrogens with one attached hydrogen (secondary N) is 1. The second-order valence-corrected chi connectivity index (χ2v) is 5.62. The van der Waals surface area contributed by atoms with Gasteiger partial charge in [0.2, 0.25) is 5.71 Å². The van der Waals surface area contributed by atoms with E-state index in [-0.39, 0.29) is 5.78 Å². The molecule has 3 heteroatoms. The van der Waals surface area contributed by atoms with E-state index in [0.29, 0.717) is 17.0 Å². The van der Waals surface area contributed by atoms with E-state index in [4.69, 9.17) is 4.74 Å². The van der Waals surface area contributed by atoms with Crippen LogP contribution in [0.15, 0.2) is 78.1 Å². The number of benzene rings is 2. The SMILES string of the molecule is C[NH+]=C1C=CC=C/C(=C2\C=Cc3c(ccc4ccccc34)O2)C1=O. The average Bonchev–Trinajstić information content (AvgIpc) is 2.82. The first-order chi connectivity index (χ1) is 11.8. The van der Waals surface area contributed by atoms with E-state index >= 15 is 0 Å². The van der Waals surface area contributed by atoms with Gasteiger partial charge in [-0.05, 0) is 35.1 Å². The van der Waals surface area contributed by atoms with Crippen molar-refractivity contribution in [2.45, 2.75) is 0 Å². The van der Waals surface area contributed by atoms with Crippen LogP contribution in [-0.4, -0.2) is 18.5 Å². The molecule has 1 N–H and O–H groups in total. The summed E-state index contributed by atoms with van der Waals surface area (Å²) in [6.07, 6.45) is 11.1. The third-order valence-corrected chi connectivity index (χ3v) is 4.21. The summed E-state index contributed by atoms with van der Waals surface area (Å²) >= 11 is 0. The maximum atomic E-state index is 12.6. The van der Waals surface area contributed by atoms with E-state index < -0.39 is 0 Å². The van der Waals surface area contributed by atoms with E-state index in [9.17, 15) is 4.79 Å². The minimum atomic E-state index is -0.0774. The predicted molar refractivity (Wildman–Crippen MR) is 95.8 cm³/mol. The minimum absolute atomic E-state index is 0.0774. The quantitative estimate of drug-likeness (QED) is 0.758. The smallest absolute Gasteiger partial charge is 0.259 e. The van der Waals surface area contributed by atoms with Gasteiger partial charge in [0.05, 0.1) is 5.57 Å². The van der Waals surface area contributed by atoms with Gasteiger partial charge < -0.3 is 4.74 Å². The summed E-state index contributed by atoms with van der Waals surface area (Å²) in [5, 5.41) is 2.31. The number of Topliss-reactive ketones (excluding diaryl/α,β-unsaturated/α-hetero) is 1. The number of rotatable bonds is 0. The fourth-order valence-corrected chi connectivity index (χ4v) is 2.98. The topological polar surface area (TPSA) is 40.3 Å². The van der Waals surface area contributed by atoms with E-state index in [1.165, 1.54) is 5.39 Å². The zero-order chi connectivity index (χ0) is 16.5. The molecule has 0 bridgehead atoms. The highest BCUT2D eigenvalue weighted by atomic mass is 16.5. The molecule has 0 atom stereocenters. The van der Waals surface area contributed by atoms with Crippen molar-refractivity contribution in [1.82, 2.24) is 0 Å². The van der Waals surface area contributed by atoms with E-state index in [1.54, 1.807) is 19.2 Å². The first-order valence-electron chi connectivity index (χ1n) is 7.84. The molecule has 2 aromatic carbocycles. The van der Waals surface area contributed by atoms with Crippen molar-refractivity contribution < 1.29 is 14.5 Å². The molecule has 0 saturated carbocycles. The van der Waals surface area contributed by atoms with Gasteiger partial charge >= 0.3 is 0 Å². The molecule has 0 fully saturated rings. The Labute approximate surface area is 140 Å². The summed E-state index contributed by atoms with van der Waals surface area (Å²) < 4.78 is 6.05. The van der Waals surface area contributed by atoms with Crippen LogP contribution in [0.2, 0.25) is 0 Å². The molecule has 116 valence electrons. The summed E-state index contributed by atoms with van der Waals surface area (Å²) in [5.74, 6) is 1.25. The summed E-state index contributed by atoms with van der Waals surface area (Å²) in [6, 6.07) is 12.2. The lowest BCUT2D eigenvalue weighted by molar-refractivity contribution is -0.417. The van der Waals surface area contributed by atoms with Crippen molar-refractivity contribution in [3.8, 4) is 5.75 Å². The Bertz CT molecular complexity index is 1000. The van der Waals surface area contributed by atoms with Gasteiger partial charge in [-0.15, -0.1) is 0 Å². The zero-order valence-corrected chi connectivity index (χ0v) is 13.2. The van der Waals surface area contributed by atoms with Crippen LogP contribution in [0.1, 0.15) is 5.56 Å². The Morgan fingerprint density at radius 1 is 0.917 bits per heavy atom. The van der Waals surface area contributed by atoms with Gasteiger partial charge in [0.15, 0.2) is 0 Å². The second-order valence-electron chi connectivity index (χ2n) is 5.62. The van der Waals surface area contributed by atoms with Crippen LogP contribution in [0.25, 0.3) is 16.8 Å². The first-order valence-corrected chi connectivity index (χ1v) is 7.84. The second kappa shape index (κ2) is 5.78. The van der Waals surface area contributed by atoms with Crippen LogP contribution in [0, 0.1) is 0 Å². The molecule has 1 heterocycles. The normalized spacial score (nSPS) is 21.0. The molecular weight excluding hydrogens is 298 g/mol. The van der Waals surface area contributed by atoms with Crippen molar-refractivity contribution in [2.24, 2.45) is 0 Å². The van der Waals surface area contributed by atoms with Crippen molar-refractivity contribution in [1.29, 1.82) is 0 Å². The van der Waals surface area contributed by atoms with Gasteiger partial charge in [0.1, 0.15) is 18.6 Å².